The highest BCUT2D eigenvalue weighted by atomic mass is 19.1. The number of amides is 1. The molecule has 0 atom stereocenters. The zero-order valence-electron chi connectivity index (χ0n) is 15.8. The van der Waals surface area contributed by atoms with E-state index in [-0.39, 0.29) is 11.7 Å². The summed E-state index contributed by atoms with van der Waals surface area (Å²) in [6.45, 7) is 6.12. The molecule has 1 aromatic heterocycles. The first-order chi connectivity index (χ1) is 13.0. The largest absolute Gasteiger partial charge is 0.345 e. The second-order valence-electron chi connectivity index (χ2n) is 7.20. The predicted octanol–water partition coefficient (Wildman–Crippen LogP) is 4.97. The van der Waals surface area contributed by atoms with Gasteiger partial charge in [-0.15, -0.1) is 0 Å². The Morgan fingerprint density at radius 2 is 1.70 bits per heavy atom. The lowest BCUT2D eigenvalue weighted by Gasteiger charge is -2.25. The maximum Gasteiger partial charge on any atom is 0.254 e. The van der Waals surface area contributed by atoms with Crippen LogP contribution in [0.4, 0.5) is 4.39 Å². The molecule has 3 rings (SSSR count). The molecule has 1 amide bonds. The van der Waals surface area contributed by atoms with Crippen molar-refractivity contribution in [1.82, 2.24) is 9.47 Å². The summed E-state index contributed by atoms with van der Waals surface area (Å²) in [5.41, 5.74) is 2.81. The normalized spacial score (nSPS) is 11.0. The van der Waals surface area contributed by atoms with E-state index >= 15 is 0 Å². The summed E-state index contributed by atoms with van der Waals surface area (Å²) in [5, 5.41) is 0. The van der Waals surface area contributed by atoms with Gasteiger partial charge >= 0.3 is 0 Å². The smallest absolute Gasteiger partial charge is 0.254 e. The summed E-state index contributed by atoms with van der Waals surface area (Å²) in [5.74, 6) is -0.0678. The quantitative estimate of drug-likeness (QED) is 0.581. The van der Waals surface area contributed by atoms with E-state index in [9.17, 15) is 9.18 Å². The van der Waals surface area contributed by atoms with Crippen LogP contribution in [0, 0.1) is 11.7 Å². The molecule has 0 aliphatic rings. The van der Waals surface area contributed by atoms with Crippen molar-refractivity contribution >= 4 is 5.91 Å². The Hall–Kier alpha value is -2.88. The van der Waals surface area contributed by atoms with E-state index in [0.717, 1.165) is 12.2 Å². The molecule has 0 aliphatic heterocycles. The fourth-order valence-corrected chi connectivity index (χ4v) is 3.16. The van der Waals surface area contributed by atoms with Gasteiger partial charge in [0, 0.05) is 30.5 Å². The van der Waals surface area contributed by atoms with Crippen molar-refractivity contribution in [1.29, 1.82) is 0 Å². The minimum atomic E-state index is -0.335. The van der Waals surface area contributed by atoms with E-state index in [1.165, 1.54) is 17.7 Å². The van der Waals surface area contributed by atoms with Crippen molar-refractivity contribution in [3.63, 3.8) is 0 Å². The molecular formula is C23H25FN2O. The standard InChI is InChI=1S/C23H25FN2O/c1-18(2)15-26(23(27)20-10-12-21(24)13-11-20)17-22-9-6-14-25(22)16-19-7-4-3-5-8-19/h3-14,18H,15-17H2,1-2H3. The average molecular weight is 364 g/mol. The van der Waals surface area contributed by atoms with Gasteiger partial charge in [0.2, 0.25) is 0 Å². The van der Waals surface area contributed by atoms with Crippen LogP contribution in [-0.4, -0.2) is 21.9 Å². The van der Waals surface area contributed by atoms with E-state index in [1.54, 1.807) is 12.1 Å². The molecule has 0 spiro atoms. The monoisotopic (exact) mass is 364 g/mol. The fourth-order valence-electron chi connectivity index (χ4n) is 3.16. The van der Waals surface area contributed by atoms with Crippen LogP contribution in [0.3, 0.4) is 0 Å². The van der Waals surface area contributed by atoms with Gasteiger partial charge in [-0.25, -0.2) is 4.39 Å². The molecule has 140 valence electrons. The minimum absolute atomic E-state index is 0.0730. The summed E-state index contributed by atoms with van der Waals surface area (Å²) >= 11 is 0. The van der Waals surface area contributed by atoms with Gasteiger partial charge in [-0.1, -0.05) is 44.2 Å². The van der Waals surface area contributed by atoms with Gasteiger partial charge in [0.15, 0.2) is 0 Å². The van der Waals surface area contributed by atoms with Gasteiger partial charge in [-0.2, -0.15) is 0 Å². The number of rotatable bonds is 7. The van der Waals surface area contributed by atoms with Crippen LogP contribution >= 0.6 is 0 Å². The van der Waals surface area contributed by atoms with E-state index in [0.29, 0.717) is 24.6 Å². The molecule has 27 heavy (non-hydrogen) atoms. The molecule has 0 bridgehead atoms. The Morgan fingerprint density at radius 3 is 2.37 bits per heavy atom. The summed E-state index contributed by atoms with van der Waals surface area (Å²) in [4.78, 5) is 14.8. The van der Waals surface area contributed by atoms with Crippen LogP contribution in [0.2, 0.25) is 0 Å². The van der Waals surface area contributed by atoms with Crippen LogP contribution in [-0.2, 0) is 13.1 Å². The molecule has 0 N–H and O–H groups in total. The number of carbonyl (C=O) groups is 1. The zero-order valence-corrected chi connectivity index (χ0v) is 15.8. The molecule has 2 aromatic carbocycles. The molecule has 0 fully saturated rings. The highest BCUT2D eigenvalue weighted by Crippen LogP contribution is 2.15. The fraction of sp³-hybridized carbons (Fsp3) is 0.261. The van der Waals surface area contributed by atoms with Gasteiger partial charge in [-0.05, 0) is 47.9 Å². The average Bonchev–Trinajstić information content (AvgIpc) is 3.08. The molecule has 3 aromatic rings. The SMILES string of the molecule is CC(C)CN(Cc1cccn1Cc1ccccc1)C(=O)c1ccc(F)cc1. The molecule has 0 aliphatic carbocycles. The molecule has 0 radical (unpaired) electrons. The second-order valence-corrected chi connectivity index (χ2v) is 7.20. The van der Waals surface area contributed by atoms with Crippen molar-refractivity contribution in [2.24, 2.45) is 5.92 Å². The lowest BCUT2D eigenvalue weighted by atomic mass is 10.1. The Labute approximate surface area is 160 Å². The van der Waals surface area contributed by atoms with Crippen molar-refractivity contribution in [3.05, 3.63) is 95.6 Å². The van der Waals surface area contributed by atoms with Crippen molar-refractivity contribution < 1.29 is 9.18 Å². The predicted molar refractivity (Wildman–Crippen MR) is 106 cm³/mol. The lowest BCUT2D eigenvalue weighted by Crippen LogP contribution is -2.34. The van der Waals surface area contributed by atoms with Crippen LogP contribution in [0.15, 0.2) is 72.9 Å². The number of hydrogen-bond donors (Lipinski definition) is 0. The number of nitrogens with zero attached hydrogens (tertiary/aromatic N) is 2. The van der Waals surface area contributed by atoms with Gasteiger partial charge in [0.1, 0.15) is 5.82 Å². The van der Waals surface area contributed by atoms with Crippen LogP contribution in [0.1, 0.15) is 35.5 Å². The number of halogens is 1. The molecule has 0 unspecified atom stereocenters. The molecule has 3 nitrogen and oxygen atoms in total. The highest BCUT2D eigenvalue weighted by molar-refractivity contribution is 5.94. The van der Waals surface area contributed by atoms with Crippen molar-refractivity contribution in [3.8, 4) is 0 Å². The molecule has 4 heteroatoms. The highest BCUT2D eigenvalue weighted by Gasteiger charge is 2.19. The van der Waals surface area contributed by atoms with Crippen molar-refractivity contribution in [2.45, 2.75) is 26.9 Å². The third-order valence-electron chi connectivity index (χ3n) is 4.44. The molecule has 0 saturated heterocycles. The topological polar surface area (TPSA) is 25.2 Å². The van der Waals surface area contributed by atoms with Gasteiger partial charge in [-0.3, -0.25) is 4.79 Å². The number of aromatic nitrogens is 1. The summed E-state index contributed by atoms with van der Waals surface area (Å²) in [7, 11) is 0. The third kappa shape index (κ3) is 5.07. The molecule has 1 heterocycles. The van der Waals surface area contributed by atoms with Crippen LogP contribution in [0.5, 0.6) is 0 Å². The van der Waals surface area contributed by atoms with E-state index < -0.39 is 0 Å². The summed E-state index contributed by atoms with van der Waals surface area (Å²) in [6.07, 6.45) is 2.04. The second kappa shape index (κ2) is 8.67. The molecular weight excluding hydrogens is 339 g/mol. The van der Waals surface area contributed by atoms with Crippen LogP contribution in [0.25, 0.3) is 0 Å². The first kappa shape index (κ1) is 18.9. The number of benzene rings is 2. The summed E-state index contributed by atoms with van der Waals surface area (Å²) < 4.78 is 15.4. The van der Waals surface area contributed by atoms with Crippen molar-refractivity contribution in [2.75, 3.05) is 6.54 Å². The minimum Gasteiger partial charge on any atom is -0.345 e. The van der Waals surface area contributed by atoms with E-state index in [4.69, 9.17) is 0 Å². The maximum atomic E-state index is 13.2. The summed E-state index contributed by atoms with van der Waals surface area (Å²) in [6, 6.07) is 20.1. The van der Waals surface area contributed by atoms with Gasteiger partial charge in [0.05, 0.1) is 6.54 Å². The first-order valence-corrected chi connectivity index (χ1v) is 9.25. The van der Waals surface area contributed by atoms with Gasteiger partial charge in [0.25, 0.3) is 5.91 Å². The lowest BCUT2D eigenvalue weighted by molar-refractivity contribution is 0.0718. The third-order valence-corrected chi connectivity index (χ3v) is 4.44. The van der Waals surface area contributed by atoms with E-state index in [2.05, 4.69) is 30.5 Å². The molecule has 0 saturated carbocycles. The zero-order chi connectivity index (χ0) is 19.2. The maximum absolute atomic E-state index is 13.2. The Balaban J connectivity index is 1.80. The number of hydrogen-bond acceptors (Lipinski definition) is 1. The Bertz CT molecular complexity index is 869. The Morgan fingerprint density at radius 1 is 1.00 bits per heavy atom. The van der Waals surface area contributed by atoms with Gasteiger partial charge < -0.3 is 9.47 Å². The first-order valence-electron chi connectivity index (χ1n) is 9.25. The number of carbonyl (C=O) groups excluding carboxylic acids is 1. The van der Waals surface area contributed by atoms with E-state index in [1.807, 2.05) is 41.4 Å². The van der Waals surface area contributed by atoms with Crippen LogP contribution < -0.4 is 0 Å². The Kier molecular flexibility index (Phi) is 6.07.